The minimum atomic E-state index is -4.61. The molecule has 0 bridgehead atoms. The Kier molecular flexibility index (Phi) is 8.65. The van der Waals surface area contributed by atoms with E-state index in [1.807, 2.05) is 0 Å². The third-order valence-corrected chi connectivity index (χ3v) is 6.13. The second-order valence-corrected chi connectivity index (χ2v) is 8.60. The number of rotatable bonds is 8. The summed E-state index contributed by atoms with van der Waals surface area (Å²) in [5.41, 5.74) is 0.695. The number of methoxy groups -OCH3 is 1. The third kappa shape index (κ3) is 6.42. The third-order valence-electron chi connectivity index (χ3n) is 5.46. The molecule has 176 valence electrons. The lowest BCUT2D eigenvalue weighted by molar-refractivity contribution is -0.188. The Hall–Kier alpha value is -2.19. The number of allylic oxidation sites excluding steroid dienone is 3. The van der Waals surface area contributed by atoms with Gasteiger partial charge >= 0.3 is 12.1 Å². The first-order chi connectivity index (χ1) is 14.8. The second kappa shape index (κ2) is 10.6. The smallest absolute Gasteiger partial charge is 0.392 e. The summed E-state index contributed by atoms with van der Waals surface area (Å²) in [6, 6.07) is 4.55. The van der Waals surface area contributed by atoms with E-state index in [2.05, 4.69) is 5.32 Å². The van der Waals surface area contributed by atoms with Crippen molar-refractivity contribution in [2.75, 3.05) is 12.4 Å². The van der Waals surface area contributed by atoms with Crippen LogP contribution in [0.3, 0.4) is 0 Å². The number of halogens is 5. The molecular weight excluding hydrogens is 470 g/mol. The van der Waals surface area contributed by atoms with Crippen LogP contribution >= 0.6 is 23.2 Å². The molecule has 32 heavy (non-hydrogen) atoms. The van der Waals surface area contributed by atoms with Gasteiger partial charge in [0.15, 0.2) is 0 Å². The fraction of sp³-hybridized carbons (Fsp3) is 0.455. The van der Waals surface area contributed by atoms with Crippen LogP contribution in [0, 0.1) is 23.7 Å². The molecule has 1 aliphatic carbocycles. The van der Waals surface area contributed by atoms with Crippen LogP contribution in [-0.4, -0.2) is 30.3 Å². The zero-order valence-electron chi connectivity index (χ0n) is 17.7. The van der Waals surface area contributed by atoms with Gasteiger partial charge in [0.1, 0.15) is 5.76 Å². The van der Waals surface area contributed by atoms with Crippen LogP contribution in [0.2, 0.25) is 5.02 Å². The summed E-state index contributed by atoms with van der Waals surface area (Å²) in [6.07, 6.45) is -1.36. The molecule has 1 amide bonds. The Balaban J connectivity index is 2.35. The highest BCUT2D eigenvalue weighted by atomic mass is 35.5. The predicted octanol–water partition coefficient (Wildman–Crippen LogP) is 6.03. The molecule has 10 heteroatoms. The number of alkyl halides is 3. The molecule has 0 radical (unpaired) electrons. The van der Waals surface area contributed by atoms with Gasteiger partial charge in [-0.25, -0.2) is 0 Å². The molecule has 1 aromatic rings. The summed E-state index contributed by atoms with van der Waals surface area (Å²) in [5, 5.41) is 12.0. The van der Waals surface area contributed by atoms with E-state index in [4.69, 9.17) is 33.0 Å². The number of carbonyl (C=O) groups excluding carboxylic acids is 1. The normalized spacial score (nSPS) is 19.3. The van der Waals surface area contributed by atoms with Gasteiger partial charge in [-0.15, -0.1) is 0 Å². The fourth-order valence-corrected chi connectivity index (χ4v) is 3.94. The largest absolute Gasteiger partial charge is 0.496 e. The Morgan fingerprint density at radius 3 is 2.50 bits per heavy atom. The Bertz CT molecular complexity index is 930. The van der Waals surface area contributed by atoms with Crippen LogP contribution in [0.25, 0.3) is 0 Å². The molecule has 1 unspecified atom stereocenters. The van der Waals surface area contributed by atoms with E-state index in [0.29, 0.717) is 5.56 Å². The van der Waals surface area contributed by atoms with Crippen LogP contribution in [0.4, 0.5) is 18.9 Å². The van der Waals surface area contributed by atoms with Crippen molar-refractivity contribution in [2.24, 2.45) is 23.7 Å². The second-order valence-electron chi connectivity index (χ2n) is 7.79. The molecule has 5 nitrogen and oxygen atoms in total. The van der Waals surface area contributed by atoms with E-state index in [1.165, 1.54) is 38.3 Å². The number of anilines is 1. The molecule has 0 spiro atoms. The Morgan fingerprint density at radius 2 is 1.94 bits per heavy atom. The number of nitrogens with one attached hydrogen (secondary N) is 1. The molecule has 1 aliphatic rings. The molecule has 0 aromatic heterocycles. The van der Waals surface area contributed by atoms with Gasteiger partial charge in [0.05, 0.1) is 40.6 Å². The summed E-state index contributed by atoms with van der Waals surface area (Å²) in [6.45, 7) is 2.48. The van der Waals surface area contributed by atoms with Gasteiger partial charge in [-0.1, -0.05) is 49.2 Å². The van der Waals surface area contributed by atoms with E-state index in [9.17, 15) is 22.8 Å². The Labute approximate surface area is 194 Å². The zero-order valence-corrected chi connectivity index (χ0v) is 19.2. The van der Waals surface area contributed by atoms with Crippen molar-refractivity contribution in [1.29, 1.82) is 0 Å². The van der Waals surface area contributed by atoms with Crippen LogP contribution in [0.5, 0.6) is 0 Å². The lowest BCUT2D eigenvalue weighted by atomic mass is 9.77. The van der Waals surface area contributed by atoms with Gasteiger partial charge in [0, 0.05) is 0 Å². The maximum atomic E-state index is 13.6. The summed E-state index contributed by atoms with van der Waals surface area (Å²) in [7, 11) is 1.34. The van der Waals surface area contributed by atoms with Crippen molar-refractivity contribution in [3.8, 4) is 0 Å². The molecule has 1 aromatic carbocycles. The van der Waals surface area contributed by atoms with Crippen molar-refractivity contribution in [3.05, 3.63) is 51.7 Å². The number of carbonyl (C=O) groups is 2. The standard InChI is InChI=1S/C22H24Cl2F3NO4/c1-11(21(30)31)8-13-4-6-15(23)17(9-13)28-20(29)19(12(2)22(25,26)27)14-5-7-16(24)18(10-14)32-3/h4,6-7,9-12,14,19H,5,8H2,1-3H3,(H,28,29)(H,30,31)/t11-,12+,14?,19-/m0/s1. The van der Waals surface area contributed by atoms with Crippen molar-refractivity contribution in [1.82, 2.24) is 0 Å². The summed E-state index contributed by atoms with van der Waals surface area (Å²) in [5.74, 6) is -6.57. The van der Waals surface area contributed by atoms with Gasteiger partial charge in [-0.2, -0.15) is 13.2 Å². The van der Waals surface area contributed by atoms with Gasteiger partial charge in [0.25, 0.3) is 0 Å². The van der Waals surface area contributed by atoms with E-state index in [1.54, 1.807) is 6.07 Å². The average Bonchev–Trinajstić information content (AvgIpc) is 2.70. The average molecular weight is 494 g/mol. The maximum Gasteiger partial charge on any atom is 0.392 e. The highest BCUT2D eigenvalue weighted by molar-refractivity contribution is 6.33. The SMILES string of the molecule is COC1=CC([C@@H](C(=O)Nc2cc(C[C@H](C)C(=O)O)ccc2Cl)[C@@H](C)C(F)(F)F)CC=C1Cl. The maximum absolute atomic E-state index is 13.6. The van der Waals surface area contributed by atoms with Crippen molar-refractivity contribution >= 4 is 40.8 Å². The number of amides is 1. The van der Waals surface area contributed by atoms with Crippen LogP contribution < -0.4 is 5.32 Å². The number of aliphatic carboxylic acids is 1. The van der Waals surface area contributed by atoms with Crippen molar-refractivity contribution in [3.63, 3.8) is 0 Å². The number of benzene rings is 1. The molecule has 2 rings (SSSR count). The quantitative estimate of drug-likeness (QED) is 0.463. The number of ether oxygens (including phenoxy) is 1. The molecule has 0 fully saturated rings. The molecule has 0 saturated heterocycles. The lowest BCUT2D eigenvalue weighted by Crippen LogP contribution is -2.40. The predicted molar refractivity (Wildman–Crippen MR) is 116 cm³/mol. The van der Waals surface area contributed by atoms with Crippen molar-refractivity contribution < 1.29 is 32.6 Å². The molecule has 4 atom stereocenters. The van der Waals surface area contributed by atoms with E-state index >= 15 is 0 Å². The van der Waals surface area contributed by atoms with Crippen LogP contribution in [-0.2, 0) is 20.7 Å². The highest BCUT2D eigenvalue weighted by Gasteiger charge is 2.47. The van der Waals surface area contributed by atoms with E-state index in [0.717, 1.165) is 6.92 Å². The molecule has 0 aliphatic heterocycles. The lowest BCUT2D eigenvalue weighted by Gasteiger charge is -2.32. The monoisotopic (exact) mass is 493 g/mol. The van der Waals surface area contributed by atoms with E-state index < -0.39 is 41.7 Å². The van der Waals surface area contributed by atoms with Crippen LogP contribution in [0.15, 0.2) is 41.1 Å². The fourth-order valence-electron chi connectivity index (χ4n) is 3.55. The first-order valence-electron chi connectivity index (χ1n) is 9.85. The van der Waals surface area contributed by atoms with Crippen LogP contribution in [0.1, 0.15) is 25.8 Å². The number of carboxylic acids is 1. The minimum absolute atomic E-state index is 0.117. The molecular formula is C22H24Cl2F3NO4. The number of hydrogen-bond acceptors (Lipinski definition) is 3. The first-order valence-corrected chi connectivity index (χ1v) is 10.6. The summed E-state index contributed by atoms with van der Waals surface area (Å²) < 4.78 is 46.0. The summed E-state index contributed by atoms with van der Waals surface area (Å²) in [4.78, 5) is 24.2. The van der Waals surface area contributed by atoms with Crippen molar-refractivity contribution in [2.45, 2.75) is 32.9 Å². The Morgan fingerprint density at radius 1 is 1.28 bits per heavy atom. The van der Waals surface area contributed by atoms with Gasteiger partial charge in [0.2, 0.25) is 5.91 Å². The number of hydrogen-bond donors (Lipinski definition) is 2. The molecule has 0 heterocycles. The molecule has 2 N–H and O–H groups in total. The minimum Gasteiger partial charge on any atom is -0.496 e. The topological polar surface area (TPSA) is 75.6 Å². The first kappa shape index (κ1) is 26.1. The zero-order chi connectivity index (χ0) is 24.2. The van der Waals surface area contributed by atoms with Gasteiger partial charge < -0.3 is 15.2 Å². The molecule has 0 saturated carbocycles. The highest BCUT2D eigenvalue weighted by Crippen LogP contribution is 2.41. The number of carboxylic acid groups (broad SMARTS) is 1. The van der Waals surface area contributed by atoms with Gasteiger partial charge in [-0.05, 0) is 42.5 Å². The summed E-state index contributed by atoms with van der Waals surface area (Å²) >= 11 is 12.2. The van der Waals surface area contributed by atoms with Gasteiger partial charge in [-0.3, -0.25) is 9.59 Å². The van der Waals surface area contributed by atoms with E-state index in [-0.39, 0.29) is 34.3 Å².